The number of benzene rings is 2. The minimum absolute atomic E-state index is 0.0876. The summed E-state index contributed by atoms with van der Waals surface area (Å²) >= 11 is 5.84. The molecule has 0 atom stereocenters. The van der Waals surface area contributed by atoms with Gasteiger partial charge in [0.05, 0.1) is 16.4 Å². The van der Waals surface area contributed by atoms with Crippen molar-refractivity contribution in [1.82, 2.24) is 9.78 Å². The van der Waals surface area contributed by atoms with E-state index in [1.807, 2.05) is 12.1 Å². The lowest BCUT2D eigenvalue weighted by Gasteiger charge is -2.05. The van der Waals surface area contributed by atoms with Crippen LogP contribution in [0.25, 0.3) is 0 Å². The van der Waals surface area contributed by atoms with Crippen LogP contribution < -0.4 is 4.72 Å². The Bertz CT molecular complexity index is 1030. The van der Waals surface area contributed by atoms with E-state index >= 15 is 0 Å². The molecule has 0 amide bonds. The van der Waals surface area contributed by atoms with Gasteiger partial charge in [-0.15, -0.1) is 0 Å². The molecule has 8 nitrogen and oxygen atoms in total. The highest BCUT2D eigenvalue weighted by Gasteiger charge is 2.17. The fourth-order valence-corrected chi connectivity index (χ4v) is 3.35. The maximum Gasteiger partial charge on any atom is 0.269 e. The van der Waals surface area contributed by atoms with Gasteiger partial charge in [-0.1, -0.05) is 23.7 Å². The number of non-ortho nitro benzene ring substituents is 1. The Labute approximate surface area is 154 Å². The van der Waals surface area contributed by atoms with Crippen molar-refractivity contribution in [3.8, 4) is 0 Å². The van der Waals surface area contributed by atoms with E-state index in [1.54, 1.807) is 23.0 Å². The van der Waals surface area contributed by atoms with Crippen LogP contribution in [0.2, 0.25) is 5.02 Å². The SMILES string of the molecule is O=[N+]([O-])c1ccc(S(=O)(=O)Nc2ccn(Cc3ccc(Cl)cc3)n2)cc1. The van der Waals surface area contributed by atoms with E-state index in [9.17, 15) is 18.5 Å². The average molecular weight is 393 g/mol. The quantitative estimate of drug-likeness (QED) is 0.511. The topological polar surface area (TPSA) is 107 Å². The molecule has 1 heterocycles. The van der Waals surface area contributed by atoms with Gasteiger partial charge in [0.2, 0.25) is 0 Å². The van der Waals surface area contributed by atoms with E-state index in [-0.39, 0.29) is 16.4 Å². The molecule has 134 valence electrons. The van der Waals surface area contributed by atoms with Crippen LogP contribution in [-0.2, 0) is 16.6 Å². The van der Waals surface area contributed by atoms with Gasteiger partial charge in [-0.2, -0.15) is 5.10 Å². The third-order valence-electron chi connectivity index (χ3n) is 3.50. The van der Waals surface area contributed by atoms with Crippen LogP contribution in [0, 0.1) is 10.1 Å². The zero-order valence-corrected chi connectivity index (χ0v) is 14.8. The molecular formula is C16H13ClN4O4S. The average Bonchev–Trinajstić information content (AvgIpc) is 3.03. The van der Waals surface area contributed by atoms with Gasteiger partial charge in [-0.25, -0.2) is 8.42 Å². The van der Waals surface area contributed by atoms with Crippen molar-refractivity contribution >= 4 is 33.1 Å². The van der Waals surface area contributed by atoms with Crippen LogP contribution in [0.3, 0.4) is 0 Å². The summed E-state index contributed by atoms with van der Waals surface area (Å²) in [5.74, 6) is 0.150. The molecule has 0 fully saturated rings. The monoisotopic (exact) mass is 392 g/mol. The van der Waals surface area contributed by atoms with Crippen LogP contribution in [0.1, 0.15) is 5.56 Å². The minimum Gasteiger partial charge on any atom is -0.266 e. The molecule has 10 heteroatoms. The summed E-state index contributed by atoms with van der Waals surface area (Å²) in [7, 11) is -3.89. The van der Waals surface area contributed by atoms with E-state index in [4.69, 9.17) is 11.6 Å². The zero-order valence-electron chi connectivity index (χ0n) is 13.2. The number of anilines is 1. The van der Waals surface area contributed by atoms with Crippen molar-refractivity contribution in [2.24, 2.45) is 0 Å². The third kappa shape index (κ3) is 4.19. The van der Waals surface area contributed by atoms with Gasteiger partial charge in [-0.3, -0.25) is 19.5 Å². The van der Waals surface area contributed by atoms with E-state index in [0.29, 0.717) is 11.6 Å². The summed E-state index contributed by atoms with van der Waals surface area (Å²) in [6.07, 6.45) is 1.64. The van der Waals surface area contributed by atoms with Crippen molar-refractivity contribution in [2.75, 3.05) is 4.72 Å². The van der Waals surface area contributed by atoms with Gasteiger partial charge in [0.25, 0.3) is 15.7 Å². The Kier molecular flexibility index (Phi) is 4.92. The number of hydrogen-bond donors (Lipinski definition) is 1. The van der Waals surface area contributed by atoms with E-state index in [0.717, 1.165) is 17.7 Å². The van der Waals surface area contributed by atoms with Crippen molar-refractivity contribution in [1.29, 1.82) is 0 Å². The summed E-state index contributed by atoms with van der Waals surface area (Å²) in [4.78, 5) is 9.96. The highest BCUT2D eigenvalue weighted by Crippen LogP contribution is 2.18. The van der Waals surface area contributed by atoms with Crippen molar-refractivity contribution < 1.29 is 13.3 Å². The summed E-state index contributed by atoms with van der Waals surface area (Å²) in [6, 6.07) is 13.4. The molecule has 2 aromatic carbocycles. The second-order valence-corrected chi connectivity index (χ2v) is 7.50. The normalized spacial score (nSPS) is 11.3. The molecule has 3 rings (SSSR count). The lowest BCUT2D eigenvalue weighted by Crippen LogP contribution is -2.13. The molecule has 0 spiro atoms. The molecule has 0 bridgehead atoms. The lowest BCUT2D eigenvalue weighted by molar-refractivity contribution is -0.384. The Hall–Kier alpha value is -2.91. The van der Waals surface area contributed by atoms with Gasteiger partial charge >= 0.3 is 0 Å². The fourth-order valence-electron chi connectivity index (χ4n) is 2.22. The lowest BCUT2D eigenvalue weighted by atomic mass is 10.2. The molecule has 0 aliphatic carbocycles. The number of nitrogens with zero attached hydrogens (tertiary/aromatic N) is 3. The smallest absolute Gasteiger partial charge is 0.266 e. The summed E-state index contributed by atoms with van der Waals surface area (Å²) in [6.45, 7) is 0.455. The van der Waals surface area contributed by atoms with Crippen LogP contribution in [0.15, 0.2) is 65.7 Å². The third-order valence-corrected chi connectivity index (χ3v) is 5.12. The molecule has 0 saturated heterocycles. The first-order valence-corrected chi connectivity index (χ1v) is 9.25. The summed E-state index contributed by atoms with van der Waals surface area (Å²) in [5.41, 5.74) is 0.776. The first-order chi connectivity index (χ1) is 12.3. The van der Waals surface area contributed by atoms with Crippen molar-refractivity contribution in [3.05, 3.63) is 81.5 Å². The van der Waals surface area contributed by atoms with Gasteiger partial charge < -0.3 is 0 Å². The molecule has 0 saturated carbocycles. The Morgan fingerprint density at radius 2 is 1.73 bits per heavy atom. The second kappa shape index (κ2) is 7.14. The Morgan fingerprint density at radius 3 is 2.35 bits per heavy atom. The highest BCUT2D eigenvalue weighted by molar-refractivity contribution is 7.92. The first kappa shape index (κ1) is 17.9. The van der Waals surface area contributed by atoms with Gasteiger partial charge in [0.15, 0.2) is 5.82 Å². The van der Waals surface area contributed by atoms with Crippen LogP contribution in [0.5, 0.6) is 0 Å². The minimum atomic E-state index is -3.89. The van der Waals surface area contributed by atoms with Crippen molar-refractivity contribution in [3.63, 3.8) is 0 Å². The maximum absolute atomic E-state index is 12.3. The zero-order chi connectivity index (χ0) is 18.7. The number of hydrogen-bond acceptors (Lipinski definition) is 5. The number of aromatic nitrogens is 2. The predicted molar refractivity (Wildman–Crippen MR) is 96.7 cm³/mol. The van der Waals surface area contributed by atoms with Crippen molar-refractivity contribution in [2.45, 2.75) is 11.4 Å². The fraction of sp³-hybridized carbons (Fsp3) is 0.0625. The standard InChI is InChI=1S/C16H13ClN4O4S/c17-13-3-1-12(2-4-13)11-20-10-9-16(18-20)19-26(24,25)15-7-5-14(6-8-15)21(22)23/h1-10H,11H2,(H,18,19). The largest absolute Gasteiger partial charge is 0.269 e. The highest BCUT2D eigenvalue weighted by atomic mass is 35.5. The summed E-state index contributed by atoms with van der Waals surface area (Å²) < 4.78 is 28.6. The van der Waals surface area contributed by atoms with E-state index < -0.39 is 14.9 Å². The molecule has 1 N–H and O–H groups in total. The number of halogens is 1. The van der Waals surface area contributed by atoms with Crippen LogP contribution in [-0.4, -0.2) is 23.1 Å². The molecule has 26 heavy (non-hydrogen) atoms. The molecule has 1 aromatic heterocycles. The number of nitrogens with one attached hydrogen (secondary N) is 1. The first-order valence-electron chi connectivity index (χ1n) is 7.39. The van der Waals surface area contributed by atoms with Gasteiger partial charge in [-0.05, 0) is 29.8 Å². The molecule has 0 aliphatic heterocycles. The van der Waals surface area contributed by atoms with E-state index in [2.05, 4.69) is 9.82 Å². The number of nitro groups is 1. The molecular weight excluding hydrogens is 380 g/mol. The molecule has 3 aromatic rings. The molecule has 0 aliphatic rings. The van der Waals surface area contributed by atoms with E-state index in [1.165, 1.54) is 18.2 Å². The Morgan fingerprint density at radius 1 is 1.08 bits per heavy atom. The van der Waals surface area contributed by atoms with Crippen LogP contribution in [0.4, 0.5) is 11.5 Å². The predicted octanol–water partition coefficient (Wildman–Crippen LogP) is 3.29. The Balaban J connectivity index is 1.73. The maximum atomic E-state index is 12.3. The summed E-state index contributed by atoms with van der Waals surface area (Å²) in [5, 5.41) is 15.4. The molecule has 0 unspecified atom stereocenters. The number of sulfonamides is 1. The molecule has 0 radical (unpaired) electrons. The van der Waals surface area contributed by atoms with Crippen LogP contribution >= 0.6 is 11.6 Å². The second-order valence-electron chi connectivity index (χ2n) is 5.38. The van der Waals surface area contributed by atoms with Gasteiger partial charge in [0.1, 0.15) is 0 Å². The van der Waals surface area contributed by atoms with Gasteiger partial charge in [0, 0.05) is 29.4 Å². The number of rotatable bonds is 6. The number of nitro benzene ring substituents is 1.